The minimum Gasteiger partial charge on any atom is -0.497 e. The number of carboxylic acids is 1. The van der Waals surface area contributed by atoms with Crippen molar-refractivity contribution in [3.05, 3.63) is 95.6 Å². The average Bonchev–Trinajstić information content (AvgIpc) is 2.82. The van der Waals surface area contributed by atoms with Crippen LogP contribution in [0.5, 0.6) is 11.5 Å². The van der Waals surface area contributed by atoms with Gasteiger partial charge in [-0.25, -0.2) is 0 Å². The lowest BCUT2D eigenvalue weighted by molar-refractivity contribution is -0.142. The number of rotatable bonds is 12. The summed E-state index contributed by atoms with van der Waals surface area (Å²) in [6, 6.07) is 25.1. The molecule has 0 saturated carbocycles. The highest BCUT2D eigenvalue weighted by molar-refractivity contribution is 5.70. The third-order valence-electron chi connectivity index (χ3n) is 5.48. The quantitative estimate of drug-likeness (QED) is 0.424. The minimum absolute atomic E-state index is 0.220. The molecule has 3 aromatic rings. The summed E-state index contributed by atoms with van der Waals surface area (Å²) in [7, 11) is 1.62. The monoisotopic (exact) mass is 434 g/mol. The van der Waals surface area contributed by atoms with Gasteiger partial charge in [-0.15, -0.1) is 0 Å². The molecule has 2 N–H and O–H groups in total. The molecule has 0 bridgehead atoms. The van der Waals surface area contributed by atoms with Gasteiger partial charge in [0.1, 0.15) is 18.1 Å². The van der Waals surface area contributed by atoms with Crippen LogP contribution in [0, 0.1) is 5.92 Å². The Bertz CT molecular complexity index is 952. The predicted octanol–water partition coefficient (Wildman–Crippen LogP) is 4.90. The van der Waals surface area contributed by atoms with Crippen LogP contribution in [-0.2, 0) is 24.2 Å². The Labute approximate surface area is 189 Å². The van der Waals surface area contributed by atoms with Crippen molar-refractivity contribution in [2.24, 2.45) is 5.92 Å². The summed E-state index contributed by atoms with van der Waals surface area (Å²) in [5.41, 5.74) is 3.08. The summed E-state index contributed by atoms with van der Waals surface area (Å²) in [4.78, 5) is 11.8. The number of methoxy groups -OCH3 is 1. The molecule has 0 aliphatic rings. The van der Waals surface area contributed by atoms with E-state index in [1.54, 1.807) is 7.11 Å². The number of aliphatic hydroxyl groups excluding tert-OH is 1. The molecule has 5 heteroatoms. The first-order chi connectivity index (χ1) is 15.5. The van der Waals surface area contributed by atoms with E-state index in [9.17, 15) is 15.0 Å². The molecule has 3 aromatic carbocycles. The summed E-state index contributed by atoms with van der Waals surface area (Å²) in [5, 5.41) is 20.1. The molecule has 0 radical (unpaired) electrons. The Morgan fingerprint density at radius 1 is 0.844 bits per heavy atom. The van der Waals surface area contributed by atoms with Crippen LogP contribution in [0.1, 0.15) is 29.5 Å². The van der Waals surface area contributed by atoms with E-state index in [0.29, 0.717) is 25.9 Å². The van der Waals surface area contributed by atoms with Crippen LogP contribution in [0.2, 0.25) is 0 Å². The molecule has 2 atom stereocenters. The van der Waals surface area contributed by atoms with Gasteiger partial charge in [0.15, 0.2) is 0 Å². The van der Waals surface area contributed by atoms with E-state index in [0.717, 1.165) is 28.2 Å². The lowest BCUT2D eigenvalue weighted by Crippen LogP contribution is -2.23. The molecule has 0 aliphatic heterocycles. The van der Waals surface area contributed by atoms with E-state index < -0.39 is 18.0 Å². The molecule has 0 unspecified atom stereocenters. The van der Waals surface area contributed by atoms with Gasteiger partial charge in [0.2, 0.25) is 0 Å². The maximum atomic E-state index is 11.8. The Hall–Kier alpha value is -3.31. The van der Waals surface area contributed by atoms with Crippen LogP contribution in [0.4, 0.5) is 0 Å². The lowest BCUT2D eigenvalue weighted by Gasteiger charge is -2.17. The van der Waals surface area contributed by atoms with Gasteiger partial charge in [-0.1, -0.05) is 54.6 Å². The van der Waals surface area contributed by atoms with Crippen molar-refractivity contribution >= 4 is 5.97 Å². The van der Waals surface area contributed by atoms with Crippen molar-refractivity contribution in [1.29, 1.82) is 0 Å². The van der Waals surface area contributed by atoms with Crippen molar-refractivity contribution in [2.75, 3.05) is 7.11 Å². The zero-order valence-corrected chi connectivity index (χ0v) is 18.3. The van der Waals surface area contributed by atoms with Crippen molar-refractivity contribution in [2.45, 2.75) is 38.4 Å². The number of aryl methyl sites for hydroxylation is 1. The topological polar surface area (TPSA) is 76.0 Å². The molecule has 0 amide bonds. The second kappa shape index (κ2) is 11.9. The normalized spacial score (nSPS) is 12.7. The fourth-order valence-electron chi connectivity index (χ4n) is 3.59. The number of benzene rings is 3. The van der Waals surface area contributed by atoms with Crippen LogP contribution in [0.15, 0.2) is 78.9 Å². The van der Waals surface area contributed by atoms with E-state index in [4.69, 9.17) is 9.47 Å². The van der Waals surface area contributed by atoms with Gasteiger partial charge < -0.3 is 19.7 Å². The van der Waals surface area contributed by atoms with Gasteiger partial charge in [0.25, 0.3) is 0 Å². The zero-order chi connectivity index (χ0) is 22.8. The summed E-state index contributed by atoms with van der Waals surface area (Å²) >= 11 is 0. The number of carbonyl (C=O) groups is 1. The molecule has 32 heavy (non-hydrogen) atoms. The first kappa shape index (κ1) is 23.4. The van der Waals surface area contributed by atoms with Crippen molar-refractivity contribution in [3.8, 4) is 11.5 Å². The predicted molar refractivity (Wildman–Crippen MR) is 124 cm³/mol. The minimum atomic E-state index is -0.891. The highest BCUT2D eigenvalue weighted by atomic mass is 16.5. The number of hydrogen-bond donors (Lipinski definition) is 2. The second-order valence-electron chi connectivity index (χ2n) is 7.93. The highest BCUT2D eigenvalue weighted by Gasteiger charge is 2.22. The largest absolute Gasteiger partial charge is 0.497 e. The van der Waals surface area contributed by atoms with Crippen molar-refractivity contribution < 1.29 is 24.5 Å². The van der Waals surface area contributed by atoms with E-state index in [-0.39, 0.29) is 6.42 Å². The molecule has 0 heterocycles. The summed E-state index contributed by atoms with van der Waals surface area (Å²) in [6.07, 6.45) is 1.12. The Morgan fingerprint density at radius 2 is 1.47 bits per heavy atom. The third-order valence-corrected chi connectivity index (χ3v) is 5.48. The molecule has 0 saturated heterocycles. The Morgan fingerprint density at radius 3 is 2.09 bits per heavy atom. The number of aliphatic carboxylic acids is 1. The number of carboxylic acid groups (broad SMARTS) is 1. The molecule has 3 rings (SSSR count). The van der Waals surface area contributed by atoms with Gasteiger partial charge in [-0.3, -0.25) is 4.79 Å². The zero-order valence-electron chi connectivity index (χ0n) is 18.3. The Kier molecular flexibility index (Phi) is 8.70. The van der Waals surface area contributed by atoms with Crippen LogP contribution in [-0.4, -0.2) is 29.4 Å². The number of aliphatic hydroxyl groups is 1. The van der Waals surface area contributed by atoms with Crippen LogP contribution in [0.25, 0.3) is 0 Å². The van der Waals surface area contributed by atoms with E-state index in [2.05, 4.69) is 0 Å². The lowest BCUT2D eigenvalue weighted by atomic mass is 9.91. The van der Waals surface area contributed by atoms with Crippen molar-refractivity contribution in [3.63, 3.8) is 0 Å². The average molecular weight is 435 g/mol. The van der Waals surface area contributed by atoms with Gasteiger partial charge in [-0.2, -0.15) is 0 Å². The Balaban J connectivity index is 1.48. The maximum Gasteiger partial charge on any atom is 0.306 e. The second-order valence-corrected chi connectivity index (χ2v) is 7.93. The SMILES string of the molecule is COc1ccc(CC[C@H](O)C[C@@H](Cc2ccc(OCc3ccccc3)cc2)C(=O)O)cc1. The third kappa shape index (κ3) is 7.43. The summed E-state index contributed by atoms with van der Waals surface area (Å²) in [6.45, 7) is 0.484. The summed E-state index contributed by atoms with van der Waals surface area (Å²) in [5.74, 6) is -0.00409. The van der Waals surface area contributed by atoms with E-state index >= 15 is 0 Å². The van der Waals surface area contributed by atoms with Crippen LogP contribution < -0.4 is 9.47 Å². The molecular formula is C27H30O5. The molecule has 0 aromatic heterocycles. The highest BCUT2D eigenvalue weighted by Crippen LogP contribution is 2.21. The first-order valence-electron chi connectivity index (χ1n) is 10.8. The van der Waals surface area contributed by atoms with Gasteiger partial charge in [-0.05, 0) is 66.6 Å². The first-order valence-corrected chi connectivity index (χ1v) is 10.8. The fraction of sp³-hybridized carbons (Fsp3) is 0.296. The van der Waals surface area contributed by atoms with E-state index in [1.165, 1.54) is 0 Å². The summed E-state index contributed by atoms with van der Waals surface area (Å²) < 4.78 is 10.9. The fourth-order valence-corrected chi connectivity index (χ4v) is 3.59. The number of ether oxygens (including phenoxy) is 2. The standard InChI is InChI=1S/C27H30O5/c1-31-25-13-8-20(9-14-25)7-12-24(28)18-23(27(29)30)17-21-10-15-26(16-11-21)32-19-22-5-3-2-4-6-22/h2-6,8-11,13-16,23-24,28H,7,12,17-19H2,1H3,(H,29,30)/t23-,24+/m1/s1. The number of hydrogen-bond acceptors (Lipinski definition) is 4. The van der Waals surface area contributed by atoms with Gasteiger partial charge in [0.05, 0.1) is 19.1 Å². The molecular weight excluding hydrogens is 404 g/mol. The van der Waals surface area contributed by atoms with Gasteiger partial charge in [0, 0.05) is 0 Å². The van der Waals surface area contributed by atoms with Crippen molar-refractivity contribution in [1.82, 2.24) is 0 Å². The molecule has 0 fully saturated rings. The van der Waals surface area contributed by atoms with Crippen LogP contribution in [0.3, 0.4) is 0 Å². The molecule has 168 valence electrons. The van der Waals surface area contributed by atoms with Gasteiger partial charge >= 0.3 is 5.97 Å². The molecule has 0 spiro atoms. The maximum absolute atomic E-state index is 11.8. The molecule has 0 aliphatic carbocycles. The molecule has 5 nitrogen and oxygen atoms in total. The van der Waals surface area contributed by atoms with Crippen LogP contribution >= 0.6 is 0 Å². The van der Waals surface area contributed by atoms with E-state index in [1.807, 2.05) is 78.9 Å². The smallest absolute Gasteiger partial charge is 0.306 e.